The summed E-state index contributed by atoms with van der Waals surface area (Å²) in [6.45, 7) is 5.48. The number of allylic oxidation sites excluding steroid dienone is 1. The molecular formula is C32H34N4O3S. The maximum Gasteiger partial charge on any atom is 0.255 e. The molecule has 0 bridgehead atoms. The van der Waals surface area contributed by atoms with Crippen LogP contribution in [0.4, 0.5) is 11.4 Å². The average molecular weight is 555 g/mol. The highest BCUT2D eigenvalue weighted by Gasteiger charge is 2.37. The van der Waals surface area contributed by atoms with Gasteiger partial charge in [0.2, 0.25) is 0 Å². The van der Waals surface area contributed by atoms with Crippen molar-refractivity contribution in [2.24, 2.45) is 4.99 Å². The zero-order valence-electron chi connectivity index (χ0n) is 22.9. The van der Waals surface area contributed by atoms with Gasteiger partial charge in [0.1, 0.15) is 5.75 Å². The van der Waals surface area contributed by atoms with Crippen LogP contribution in [0, 0.1) is 0 Å². The molecule has 1 fully saturated rings. The highest BCUT2D eigenvalue weighted by Crippen LogP contribution is 2.40. The number of hydrogen-bond donors (Lipinski definition) is 2. The Hall–Kier alpha value is -4.04. The molecule has 2 amide bonds. The normalized spacial score (nSPS) is 16.6. The maximum absolute atomic E-state index is 13.6. The van der Waals surface area contributed by atoms with Gasteiger partial charge in [-0.25, -0.2) is 4.99 Å². The maximum atomic E-state index is 13.6. The van der Waals surface area contributed by atoms with Crippen molar-refractivity contribution in [2.75, 3.05) is 29.5 Å². The van der Waals surface area contributed by atoms with Crippen molar-refractivity contribution in [3.05, 3.63) is 101 Å². The lowest BCUT2D eigenvalue weighted by molar-refractivity contribution is -0.113. The Bertz CT molecular complexity index is 1420. The van der Waals surface area contributed by atoms with Crippen molar-refractivity contribution >= 4 is 40.1 Å². The van der Waals surface area contributed by atoms with Gasteiger partial charge < -0.3 is 20.3 Å². The molecule has 0 spiro atoms. The first-order valence-electron chi connectivity index (χ1n) is 13.7. The molecule has 8 heteroatoms. The van der Waals surface area contributed by atoms with Gasteiger partial charge in [-0.15, -0.1) is 0 Å². The highest BCUT2D eigenvalue weighted by molar-refractivity contribution is 8.13. The number of para-hydroxylation sites is 1. The second-order valence-corrected chi connectivity index (χ2v) is 10.9. The third-order valence-electron chi connectivity index (χ3n) is 6.88. The molecule has 0 radical (unpaired) electrons. The van der Waals surface area contributed by atoms with Crippen LogP contribution in [-0.4, -0.2) is 40.8 Å². The fraction of sp³-hybridized carbons (Fsp3) is 0.281. The average Bonchev–Trinajstić information content (AvgIpc) is 2.97. The molecular weight excluding hydrogens is 520 g/mol. The van der Waals surface area contributed by atoms with E-state index in [1.165, 1.54) is 0 Å². The Morgan fingerprint density at radius 3 is 2.50 bits per heavy atom. The van der Waals surface area contributed by atoms with E-state index in [9.17, 15) is 9.59 Å². The number of rotatable bonds is 9. The number of nitrogens with one attached hydrogen (secondary N) is 2. The summed E-state index contributed by atoms with van der Waals surface area (Å²) in [4.78, 5) is 33.7. The summed E-state index contributed by atoms with van der Waals surface area (Å²) in [5.74, 6) is 1.37. The van der Waals surface area contributed by atoms with E-state index in [1.807, 2.05) is 73.7 Å². The molecule has 5 rings (SSSR count). The summed E-state index contributed by atoms with van der Waals surface area (Å²) in [5.41, 5.74) is 4.18. The molecule has 1 saturated heterocycles. The van der Waals surface area contributed by atoms with Crippen molar-refractivity contribution in [1.82, 2.24) is 4.90 Å². The van der Waals surface area contributed by atoms with Crippen LogP contribution in [0.2, 0.25) is 0 Å². The molecule has 2 N–H and O–H groups in total. The van der Waals surface area contributed by atoms with Crippen molar-refractivity contribution in [2.45, 2.75) is 39.2 Å². The lowest BCUT2D eigenvalue weighted by Gasteiger charge is -2.41. The zero-order chi connectivity index (χ0) is 27.9. The zero-order valence-corrected chi connectivity index (χ0v) is 23.7. The second-order valence-electron chi connectivity index (χ2n) is 9.82. The summed E-state index contributed by atoms with van der Waals surface area (Å²) in [5, 5.41) is 7.00. The lowest BCUT2D eigenvalue weighted by atomic mass is 9.93. The summed E-state index contributed by atoms with van der Waals surface area (Å²) in [6.07, 6.45) is 3.06. The predicted octanol–water partition coefficient (Wildman–Crippen LogP) is 6.88. The molecule has 3 aromatic rings. The third kappa shape index (κ3) is 6.39. The third-order valence-corrected chi connectivity index (χ3v) is 7.95. The number of carbonyl (C=O) groups is 2. The van der Waals surface area contributed by atoms with Gasteiger partial charge in [-0.05, 0) is 73.9 Å². The van der Waals surface area contributed by atoms with Gasteiger partial charge in [-0.3, -0.25) is 9.59 Å². The fourth-order valence-electron chi connectivity index (χ4n) is 4.85. The van der Waals surface area contributed by atoms with Crippen molar-refractivity contribution < 1.29 is 14.3 Å². The topological polar surface area (TPSA) is 83.0 Å². The van der Waals surface area contributed by atoms with E-state index in [0.717, 1.165) is 53.7 Å². The number of thioether (sulfide) groups is 1. The summed E-state index contributed by atoms with van der Waals surface area (Å²) < 4.78 is 5.72. The summed E-state index contributed by atoms with van der Waals surface area (Å²) in [7, 11) is 0. The van der Waals surface area contributed by atoms with Crippen LogP contribution in [0.1, 0.15) is 55.1 Å². The molecule has 206 valence electrons. The molecule has 1 unspecified atom stereocenters. The first-order chi connectivity index (χ1) is 19.5. The van der Waals surface area contributed by atoms with E-state index < -0.39 is 0 Å². The Kier molecular flexibility index (Phi) is 8.86. The van der Waals surface area contributed by atoms with Gasteiger partial charge in [-0.2, -0.15) is 0 Å². The van der Waals surface area contributed by atoms with Crippen molar-refractivity contribution in [1.29, 1.82) is 0 Å². The van der Waals surface area contributed by atoms with Gasteiger partial charge in [-0.1, -0.05) is 55.4 Å². The van der Waals surface area contributed by atoms with Gasteiger partial charge in [0.05, 0.1) is 23.9 Å². The van der Waals surface area contributed by atoms with E-state index >= 15 is 0 Å². The van der Waals surface area contributed by atoms with Crippen molar-refractivity contribution in [3.8, 4) is 5.75 Å². The van der Waals surface area contributed by atoms with Gasteiger partial charge in [0, 0.05) is 29.2 Å². The number of carbonyl (C=O) groups excluding carboxylic acids is 2. The van der Waals surface area contributed by atoms with E-state index in [1.54, 1.807) is 23.9 Å². The number of aliphatic imine (C=N–C) groups is 1. The number of amidine groups is 1. The number of nitrogens with zero attached hydrogens (tertiary/aromatic N) is 2. The van der Waals surface area contributed by atoms with E-state index in [0.29, 0.717) is 29.1 Å². The second kappa shape index (κ2) is 12.9. The van der Waals surface area contributed by atoms with Crippen LogP contribution in [0.15, 0.2) is 95.1 Å². The van der Waals surface area contributed by atoms with Gasteiger partial charge in [0.25, 0.3) is 11.8 Å². The molecule has 7 nitrogen and oxygen atoms in total. The fourth-order valence-corrected chi connectivity index (χ4v) is 5.87. The number of anilines is 2. The molecule has 40 heavy (non-hydrogen) atoms. The minimum absolute atomic E-state index is 0.178. The van der Waals surface area contributed by atoms with Crippen LogP contribution in [-0.2, 0) is 4.79 Å². The SMILES string of the molecule is CCCCOc1ccc(C(=O)Nc2cccc(C3C(C(=O)Nc4ccccc4)=C(C)N=C4SCCCN43)c2)cc1. The molecule has 1 atom stereocenters. The highest BCUT2D eigenvalue weighted by atomic mass is 32.2. The number of benzene rings is 3. The van der Waals surface area contributed by atoms with Crippen LogP contribution in [0.25, 0.3) is 0 Å². The Balaban J connectivity index is 1.39. The van der Waals surface area contributed by atoms with E-state index in [2.05, 4.69) is 22.5 Å². The van der Waals surface area contributed by atoms with Gasteiger partial charge >= 0.3 is 0 Å². The predicted molar refractivity (Wildman–Crippen MR) is 163 cm³/mol. The largest absolute Gasteiger partial charge is 0.494 e. The van der Waals surface area contributed by atoms with Crippen LogP contribution >= 0.6 is 11.8 Å². The molecule has 3 aromatic carbocycles. The number of fused-ring (bicyclic) bond motifs is 1. The summed E-state index contributed by atoms with van der Waals surface area (Å²) in [6, 6.07) is 24.1. The minimum atomic E-state index is -0.319. The van der Waals surface area contributed by atoms with Crippen LogP contribution in [0.5, 0.6) is 5.75 Å². The summed E-state index contributed by atoms with van der Waals surface area (Å²) >= 11 is 1.72. The standard InChI is InChI=1S/C32H34N4O3S/c1-3-4-19-39-27-16-14-23(15-17-27)30(37)35-26-13-8-10-24(21-26)29-28(31(38)34-25-11-6-5-7-12-25)22(2)33-32-36(29)18-9-20-40-32/h5-8,10-17,21,29H,3-4,9,18-20H2,1-2H3,(H,34,38)(H,35,37). The number of ether oxygens (including phenoxy) is 1. The molecule has 0 aromatic heterocycles. The van der Waals surface area contributed by atoms with E-state index in [4.69, 9.17) is 9.73 Å². The van der Waals surface area contributed by atoms with Gasteiger partial charge in [0.15, 0.2) is 5.17 Å². The Morgan fingerprint density at radius 2 is 1.73 bits per heavy atom. The quantitative estimate of drug-likeness (QED) is 0.282. The number of amides is 2. The molecule has 2 aliphatic heterocycles. The lowest BCUT2D eigenvalue weighted by Crippen LogP contribution is -2.43. The first-order valence-corrected chi connectivity index (χ1v) is 14.7. The molecule has 2 aliphatic rings. The Morgan fingerprint density at radius 1 is 0.975 bits per heavy atom. The van der Waals surface area contributed by atoms with Crippen LogP contribution < -0.4 is 15.4 Å². The molecule has 0 saturated carbocycles. The monoisotopic (exact) mass is 554 g/mol. The van der Waals surface area contributed by atoms with Crippen molar-refractivity contribution in [3.63, 3.8) is 0 Å². The molecule has 2 heterocycles. The smallest absolute Gasteiger partial charge is 0.255 e. The van der Waals surface area contributed by atoms with E-state index in [-0.39, 0.29) is 17.9 Å². The molecule has 0 aliphatic carbocycles. The van der Waals surface area contributed by atoms with Crippen LogP contribution in [0.3, 0.4) is 0 Å². The minimum Gasteiger partial charge on any atom is -0.494 e. The number of hydrogen-bond acceptors (Lipinski definition) is 6. The Labute approximate surface area is 239 Å². The first kappa shape index (κ1) is 27.5. The number of unbranched alkanes of at least 4 members (excludes halogenated alkanes) is 1.